The van der Waals surface area contributed by atoms with E-state index in [-0.39, 0.29) is 22.1 Å². The van der Waals surface area contributed by atoms with Gasteiger partial charge in [0.25, 0.3) is 5.56 Å². The highest BCUT2D eigenvalue weighted by Gasteiger charge is 2.38. The zero-order valence-corrected chi connectivity index (χ0v) is 21.5. The monoisotopic (exact) mass is 571 g/mol. The van der Waals surface area contributed by atoms with E-state index in [0.717, 1.165) is 26.2 Å². The van der Waals surface area contributed by atoms with Crippen LogP contribution in [0.5, 0.6) is 11.8 Å². The van der Waals surface area contributed by atoms with Crippen molar-refractivity contribution in [3.05, 3.63) is 34.6 Å². The van der Waals surface area contributed by atoms with E-state index < -0.39 is 22.2 Å². The van der Waals surface area contributed by atoms with Crippen molar-refractivity contribution >= 4 is 33.1 Å². The maximum atomic E-state index is 13.2. The molecule has 0 radical (unpaired) electrons. The number of hydrogen-bond donors (Lipinski definition) is 3. The van der Waals surface area contributed by atoms with Crippen LogP contribution in [0.1, 0.15) is 6.92 Å². The number of carbonyl (C=O) groups is 1. The molecule has 2 aromatic heterocycles. The Labute approximate surface area is 220 Å². The number of aromatic nitrogens is 4. The molecule has 4 N–H and O–H groups in total. The van der Waals surface area contributed by atoms with Crippen LogP contribution < -0.4 is 25.7 Å². The first-order chi connectivity index (χ1) is 18.2. The van der Waals surface area contributed by atoms with Crippen molar-refractivity contribution in [2.75, 3.05) is 31.1 Å². The molecule has 0 atom stereocenters. The van der Waals surface area contributed by atoms with Gasteiger partial charge in [0.05, 0.1) is 11.4 Å². The van der Waals surface area contributed by atoms with E-state index in [4.69, 9.17) is 19.8 Å². The van der Waals surface area contributed by atoms with Crippen LogP contribution in [0.3, 0.4) is 0 Å². The lowest BCUT2D eigenvalue weighted by molar-refractivity contribution is -0.192. The van der Waals surface area contributed by atoms with Gasteiger partial charge in [-0.1, -0.05) is 5.92 Å². The molecule has 4 rings (SSSR count). The van der Waals surface area contributed by atoms with E-state index in [0.29, 0.717) is 23.8 Å². The summed E-state index contributed by atoms with van der Waals surface area (Å²) in [4.78, 5) is 33.3. The third-order valence-electron chi connectivity index (χ3n) is 5.34. The lowest BCUT2D eigenvalue weighted by Crippen LogP contribution is -2.44. The molecule has 210 valence electrons. The van der Waals surface area contributed by atoms with Crippen LogP contribution in [0.25, 0.3) is 11.2 Å². The Hall–Kier alpha value is -4.14. The summed E-state index contributed by atoms with van der Waals surface area (Å²) < 4.78 is 63.4. The number of fused-ring (bicyclic) bond motifs is 1. The van der Waals surface area contributed by atoms with E-state index in [2.05, 4.69) is 32.0 Å². The lowest BCUT2D eigenvalue weighted by atomic mass is 10.3. The van der Waals surface area contributed by atoms with Gasteiger partial charge in [-0.2, -0.15) is 23.1 Å². The van der Waals surface area contributed by atoms with E-state index in [1.54, 1.807) is 18.5 Å². The predicted molar refractivity (Wildman–Crippen MR) is 133 cm³/mol. The summed E-state index contributed by atoms with van der Waals surface area (Å²) in [7, 11) is -2.26. The smallest absolute Gasteiger partial charge is 0.475 e. The van der Waals surface area contributed by atoms with Gasteiger partial charge in [-0.25, -0.2) is 18.4 Å². The van der Waals surface area contributed by atoms with Crippen LogP contribution in [-0.4, -0.2) is 71.0 Å². The Morgan fingerprint density at radius 2 is 1.79 bits per heavy atom. The SMILES string of the molecule is CC#CCn1c(N2CCNCC2)nc2nc(Oc3ccc(S(N)(=O)=O)cc3)n(C)c(=O)c21.O=C(O)C(F)(F)F. The minimum atomic E-state index is -5.08. The molecule has 0 aliphatic carbocycles. The number of hydrogen-bond acceptors (Lipinski definition) is 9. The van der Waals surface area contributed by atoms with Crippen molar-refractivity contribution in [2.24, 2.45) is 12.2 Å². The molecular weight excluding hydrogens is 547 g/mol. The molecule has 1 fully saturated rings. The number of sulfonamides is 1. The van der Waals surface area contributed by atoms with Crippen molar-refractivity contribution < 1.29 is 36.2 Å². The molecule has 1 aliphatic rings. The van der Waals surface area contributed by atoms with Gasteiger partial charge in [0.1, 0.15) is 5.75 Å². The van der Waals surface area contributed by atoms with E-state index in [1.807, 2.05) is 0 Å². The Morgan fingerprint density at radius 3 is 2.31 bits per heavy atom. The number of alkyl halides is 3. The zero-order chi connectivity index (χ0) is 29.0. The normalized spacial score (nSPS) is 13.7. The highest BCUT2D eigenvalue weighted by atomic mass is 32.2. The number of nitrogens with two attached hydrogens (primary N) is 1. The predicted octanol–water partition coefficient (Wildman–Crippen LogP) is 0.636. The maximum Gasteiger partial charge on any atom is 0.490 e. The Balaban J connectivity index is 0.000000532. The zero-order valence-electron chi connectivity index (χ0n) is 20.7. The highest BCUT2D eigenvalue weighted by Crippen LogP contribution is 2.24. The second-order valence-electron chi connectivity index (χ2n) is 8.01. The molecule has 0 spiro atoms. The fourth-order valence-corrected chi connectivity index (χ4v) is 3.95. The summed E-state index contributed by atoms with van der Waals surface area (Å²) in [6.07, 6.45) is -5.08. The molecule has 0 unspecified atom stereocenters. The number of nitrogens with zero attached hydrogens (tertiary/aromatic N) is 5. The Morgan fingerprint density at radius 1 is 1.21 bits per heavy atom. The van der Waals surface area contributed by atoms with Gasteiger partial charge in [-0.15, -0.1) is 5.92 Å². The second kappa shape index (κ2) is 11.7. The molecule has 1 saturated heterocycles. The summed E-state index contributed by atoms with van der Waals surface area (Å²) in [5.74, 6) is 4.05. The number of benzene rings is 1. The summed E-state index contributed by atoms with van der Waals surface area (Å²) >= 11 is 0. The molecule has 1 aromatic carbocycles. The first-order valence-corrected chi connectivity index (χ1v) is 12.7. The van der Waals surface area contributed by atoms with Crippen molar-refractivity contribution in [1.82, 2.24) is 24.4 Å². The van der Waals surface area contributed by atoms with Gasteiger partial charge < -0.3 is 20.1 Å². The van der Waals surface area contributed by atoms with Crippen molar-refractivity contribution in [1.29, 1.82) is 0 Å². The van der Waals surface area contributed by atoms with Gasteiger partial charge in [0.2, 0.25) is 16.0 Å². The van der Waals surface area contributed by atoms with E-state index in [9.17, 15) is 26.4 Å². The summed E-state index contributed by atoms with van der Waals surface area (Å²) in [6, 6.07) is 5.56. The number of imidazole rings is 1. The van der Waals surface area contributed by atoms with Crippen LogP contribution in [-0.2, 0) is 28.4 Å². The number of carboxylic acid groups (broad SMARTS) is 1. The minimum Gasteiger partial charge on any atom is -0.475 e. The summed E-state index contributed by atoms with van der Waals surface area (Å²) in [6.45, 7) is 5.20. The Kier molecular flexibility index (Phi) is 8.84. The van der Waals surface area contributed by atoms with E-state index in [1.165, 1.54) is 28.8 Å². The number of aliphatic carboxylic acids is 1. The number of anilines is 1. The van der Waals surface area contributed by atoms with Gasteiger partial charge in [0.15, 0.2) is 11.2 Å². The molecule has 0 saturated carbocycles. The van der Waals surface area contributed by atoms with Crippen LogP contribution in [0.15, 0.2) is 34.0 Å². The first kappa shape index (κ1) is 29.4. The lowest BCUT2D eigenvalue weighted by Gasteiger charge is -2.28. The minimum absolute atomic E-state index is 0.0314. The number of carboxylic acids is 1. The molecule has 13 nitrogen and oxygen atoms in total. The number of rotatable bonds is 5. The topological polar surface area (TPSA) is 175 Å². The summed E-state index contributed by atoms with van der Waals surface area (Å²) in [5, 5.41) is 15.5. The maximum absolute atomic E-state index is 13.2. The van der Waals surface area contributed by atoms with Crippen LogP contribution in [0, 0.1) is 11.8 Å². The average Bonchev–Trinajstić information content (AvgIpc) is 3.24. The number of nitrogens with one attached hydrogen (secondary N) is 1. The highest BCUT2D eigenvalue weighted by molar-refractivity contribution is 7.89. The van der Waals surface area contributed by atoms with Gasteiger partial charge in [-0.3, -0.25) is 13.9 Å². The molecule has 3 aromatic rings. The second-order valence-corrected chi connectivity index (χ2v) is 9.58. The number of ether oxygens (including phenoxy) is 1. The number of primary sulfonamides is 1. The molecule has 1 aliphatic heterocycles. The van der Waals surface area contributed by atoms with E-state index >= 15 is 0 Å². The van der Waals surface area contributed by atoms with Gasteiger partial charge >= 0.3 is 18.2 Å². The molecule has 3 heterocycles. The molecule has 17 heteroatoms. The third kappa shape index (κ3) is 7.04. The quantitative estimate of drug-likeness (QED) is 0.369. The van der Waals surface area contributed by atoms with Crippen LogP contribution >= 0.6 is 0 Å². The number of halogens is 3. The largest absolute Gasteiger partial charge is 0.490 e. The molecular formula is C22H24F3N7O6S. The van der Waals surface area contributed by atoms with Crippen LogP contribution in [0.4, 0.5) is 19.1 Å². The Bertz CT molecular complexity index is 1580. The van der Waals surface area contributed by atoms with Crippen molar-refractivity contribution in [3.8, 4) is 23.6 Å². The van der Waals surface area contributed by atoms with Gasteiger partial charge in [0, 0.05) is 33.2 Å². The fraction of sp³-hybridized carbons (Fsp3) is 0.364. The van der Waals surface area contributed by atoms with Gasteiger partial charge in [-0.05, 0) is 31.2 Å². The third-order valence-corrected chi connectivity index (χ3v) is 6.27. The molecule has 39 heavy (non-hydrogen) atoms. The average molecular weight is 572 g/mol. The standard InChI is InChI=1S/C20H23N7O4S.C2HF3O2/c1-3-4-11-27-16-17(23-19(27)26-12-9-22-10-13-26)24-20(25(2)18(16)28)31-14-5-7-15(8-6-14)32(21,29)30;3-2(4,5)1(6)7/h5-8,22H,9-13H2,1-2H3,(H2,21,29,30);(H,6,7). The van der Waals surface area contributed by atoms with Crippen molar-refractivity contribution in [3.63, 3.8) is 0 Å². The summed E-state index contributed by atoms with van der Waals surface area (Å²) in [5.41, 5.74) is 0.286. The van der Waals surface area contributed by atoms with Crippen LogP contribution in [0.2, 0.25) is 0 Å². The first-order valence-electron chi connectivity index (χ1n) is 11.2. The fourth-order valence-electron chi connectivity index (χ4n) is 3.44. The van der Waals surface area contributed by atoms with Crippen molar-refractivity contribution in [2.45, 2.75) is 24.5 Å². The number of piperazine rings is 1. The molecule has 0 amide bonds. The molecule has 0 bridgehead atoms.